The quantitative estimate of drug-likeness (QED) is 0.801. The van der Waals surface area contributed by atoms with Crippen LogP contribution >= 0.6 is 0 Å². The molecule has 0 aromatic carbocycles. The largest absolute Gasteiger partial charge is 0.378 e. The Morgan fingerprint density at radius 2 is 1.67 bits per heavy atom. The summed E-state index contributed by atoms with van der Waals surface area (Å²) in [5.41, 5.74) is 3.22. The lowest BCUT2D eigenvalue weighted by atomic mass is 10.2. The Balaban J connectivity index is 1.41. The predicted molar refractivity (Wildman–Crippen MR) is 103 cm³/mol. The van der Waals surface area contributed by atoms with Crippen molar-refractivity contribution in [2.45, 2.75) is 27.3 Å². The maximum absolute atomic E-state index is 5.46. The van der Waals surface area contributed by atoms with E-state index in [9.17, 15) is 0 Å². The van der Waals surface area contributed by atoms with Crippen LogP contribution in [0.2, 0.25) is 0 Å². The minimum atomic E-state index is 0.763. The lowest BCUT2D eigenvalue weighted by molar-refractivity contribution is 0.122. The van der Waals surface area contributed by atoms with Crippen molar-refractivity contribution in [3.8, 4) is 0 Å². The Hall–Kier alpha value is -2.19. The van der Waals surface area contributed by atoms with E-state index in [4.69, 9.17) is 19.2 Å². The molecule has 4 rings (SSSR count). The molecule has 8 nitrogen and oxygen atoms in total. The molecule has 2 fully saturated rings. The summed E-state index contributed by atoms with van der Waals surface area (Å²) in [6.07, 6.45) is 0. The fourth-order valence-corrected chi connectivity index (χ4v) is 3.69. The van der Waals surface area contributed by atoms with Crippen LogP contribution in [0.15, 0.2) is 10.6 Å². The van der Waals surface area contributed by atoms with Crippen LogP contribution in [0.25, 0.3) is 0 Å². The summed E-state index contributed by atoms with van der Waals surface area (Å²) in [4.78, 5) is 16.6. The number of anilines is 2. The number of aryl methyl sites for hydroxylation is 3. The van der Waals surface area contributed by atoms with E-state index in [1.165, 1.54) is 5.56 Å². The van der Waals surface area contributed by atoms with E-state index >= 15 is 0 Å². The first-order valence-electron chi connectivity index (χ1n) is 9.67. The molecule has 4 heterocycles. The molecule has 0 aliphatic carbocycles. The molecule has 0 unspecified atom stereocenters. The van der Waals surface area contributed by atoms with Crippen LogP contribution < -0.4 is 9.80 Å². The fraction of sp³-hybridized carbons (Fsp3) is 0.632. The highest BCUT2D eigenvalue weighted by atomic mass is 16.5. The van der Waals surface area contributed by atoms with E-state index in [2.05, 4.69) is 25.9 Å². The van der Waals surface area contributed by atoms with Crippen molar-refractivity contribution in [2.75, 3.05) is 62.3 Å². The van der Waals surface area contributed by atoms with Crippen molar-refractivity contribution >= 4 is 11.8 Å². The molecule has 0 bridgehead atoms. The Kier molecular flexibility index (Phi) is 5.27. The van der Waals surface area contributed by atoms with E-state index in [0.29, 0.717) is 0 Å². The maximum atomic E-state index is 5.46. The second-order valence-corrected chi connectivity index (χ2v) is 7.33. The summed E-state index contributed by atoms with van der Waals surface area (Å²) in [7, 11) is 0. The van der Waals surface area contributed by atoms with Gasteiger partial charge in [-0.05, 0) is 20.8 Å². The Labute approximate surface area is 160 Å². The van der Waals surface area contributed by atoms with E-state index < -0.39 is 0 Å². The average molecular weight is 372 g/mol. The Bertz CT molecular complexity index is 759. The van der Waals surface area contributed by atoms with Gasteiger partial charge in [-0.2, -0.15) is 4.98 Å². The zero-order valence-corrected chi connectivity index (χ0v) is 16.4. The predicted octanol–water partition coefficient (Wildman–Crippen LogP) is 1.55. The summed E-state index contributed by atoms with van der Waals surface area (Å²) in [6.45, 7) is 14.0. The second kappa shape index (κ2) is 7.82. The minimum absolute atomic E-state index is 0.763. The van der Waals surface area contributed by atoms with Gasteiger partial charge in [0, 0.05) is 63.1 Å². The van der Waals surface area contributed by atoms with E-state index in [-0.39, 0.29) is 0 Å². The second-order valence-electron chi connectivity index (χ2n) is 7.33. The molecule has 2 saturated heterocycles. The van der Waals surface area contributed by atoms with Gasteiger partial charge in [-0.1, -0.05) is 5.16 Å². The standard InChI is InChI=1S/C19H28N6O2/c1-14-12-18(24-8-10-26-11-9-24)21-19(20-14)25-6-4-23(5-7-25)13-17-15(2)22-27-16(17)3/h12H,4-11,13H2,1-3H3. The third-order valence-corrected chi connectivity index (χ3v) is 5.38. The summed E-state index contributed by atoms with van der Waals surface area (Å²) >= 11 is 0. The number of hydrogen-bond acceptors (Lipinski definition) is 8. The Morgan fingerprint density at radius 3 is 2.33 bits per heavy atom. The highest BCUT2D eigenvalue weighted by Gasteiger charge is 2.23. The molecule has 2 aromatic rings. The van der Waals surface area contributed by atoms with Gasteiger partial charge in [0.1, 0.15) is 11.6 Å². The zero-order chi connectivity index (χ0) is 18.8. The van der Waals surface area contributed by atoms with Crippen molar-refractivity contribution in [2.24, 2.45) is 0 Å². The third-order valence-electron chi connectivity index (χ3n) is 5.38. The van der Waals surface area contributed by atoms with Crippen molar-refractivity contribution in [3.05, 3.63) is 28.8 Å². The summed E-state index contributed by atoms with van der Waals surface area (Å²) in [5, 5.41) is 4.06. The topological polar surface area (TPSA) is 70.8 Å². The van der Waals surface area contributed by atoms with Gasteiger partial charge in [0.05, 0.1) is 18.9 Å². The van der Waals surface area contributed by atoms with Crippen LogP contribution in [0, 0.1) is 20.8 Å². The van der Waals surface area contributed by atoms with Crippen LogP contribution in [0.4, 0.5) is 11.8 Å². The molecule has 27 heavy (non-hydrogen) atoms. The Morgan fingerprint density at radius 1 is 0.926 bits per heavy atom. The monoisotopic (exact) mass is 372 g/mol. The van der Waals surface area contributed by atoms with Gasteiger partial charge in [0.2, 0.25) is 5.95 Å². The first kappa shape index (κ1) is 18.2. The first-order valence-corrected chi connectivity index (χ1v) is 9.67. The van der Waals surface area contributed by atoms with Gasteiger partial charge in [-0.3, -0.25) is 4.90 Å². The van der Waals surface area contributed by atoms with Gasteiger partial charge < -0.3 is 19.1 Å². The molecular weight excluding hydrogens is 344 g/mol. The van der Waals surface area contributed by atoms with Crippen molar-refractivity contribution in [1.29, 1.82) is 0 Å². The molecular formula is C19H28N6O2. The van der Waals surface area contributed by atoms with Crippen LogP contribution in [-0.2, 0) is 11.3 Å². The summed E-state index contributed by atoms with van der Waals surface area (Å²) < 4.78 is 10.7. The van der Waals surface area contributed by atoms with E-state index in [1.807, 2.05) is 20.8 Å². The van der Waals surface area contributed by atoms with E-state index in [1.54, 1.807) is 0 Å². The van der Waals surface area contributed by atoms with Gasteiger partial charge in [-0.15, -0.1) is 0 Å². The molecule has 0 atom stereocenters. The summed E-state index contributed by atoms with van der Waals surface area (Å²) in [5.74, 6) is 2.78. The molecule has 0 N–H and O–H groups in total. The zero-order valence-electron chi connectivity index (χ0n) is 16.4. The van der Waals surface area contributed by atoms with Gasteiger partial charge in [0.25, 0.3) is 0 Å². The highest BCUT2D eigenvalue weighted by molar-refractivity contribution is 5.46. The number of piperazine rings is 1. The molecule has 8 heteroatoms. The first-order chi connectivity index (χ1) is 13.1. The van der Waals surface area contributed by atoms with Crippen molar-refractivity contribution in [3.63, 3.8) is 0 Å². The normalized spacial score (nSPS) is 18.9. The van der Waals surface area contributed by atoms with Crippen molar-refractivity contribution < 1.29 is 9.26 Å². The minimum Gasteiger partial charge on any atom is -0.378 e. The summed E-state index contributed by atoms with van der Waals surface area (Å²) in [6, 6.07) is 2.07. The number of hydrogen-bond donors (Lipinski definition) is 0. The molecule has 2 aliphatic rings. The number of aromatic nitrogens is 3. The molecule has 2 aliphatic heterocycles. The van der Waals surface area contributed by atoms with Gasteiger partial charge in [0.15, 0.2) is 0 Å². The van der Waals surface area contributed by atoms with Crippen LogP contribution in [-0.4, -0.2) is 72.5 Å². The number of morpholine rings is 1. The van der Waals surface area contributed by atoms with E-state index in [0.717, 1.165) is 87.9 Å². The maximum Gasteiger partial charge on any atom is 0.227 e. The highest BCUT2D eigenvalue weighted by Crippen LogP contribution is 2.21. The molecule has 0 spiro atoms. The molecule has 0 amide bonds. The third kappa shape index (κ3) is 4.06. The number of rotatable bonds is 4. The SMILES string of the molecule is Cc1cc(N2CCOCC2)nc(N2CCN(Cc3c(C)noc3C)CC2)n1. The lowest BCUT2D eigenvalue weighted by Gasteiger charge is -2.35. The average Bonchev–Trinajstić information content (AvgIpc) is 3.01. The van der Waals surface area contributed by atoms with Crippen LogP contribution in [0.1, 0.15) is 22.7 Å². The fourth-order valence-electron chi connectivity index (χ4n) is 3.69. The molecule has 0 saturated carbocycles. The van der Waals surface area contributed by atoms with Crippen molar-refractivity contribution in [1.82, 2.24) is 20.0 Å². The smallest absolute Gasteiger partial charge is 0.227 e. The number of nitrogens with zero attached hydrogens (tertiary/aromatic N) is 6. The van der Waals surface area contributed by atoms with Gasteiger partial charge >= 0.3 is 0 Å². The van der Waals surface area contributed by atoms with Gasteiger partial charge in [-0.25, -0.2) is 4.98 Å². The molecule has 2 aromatic heterocycles. The lowest BCUT2D eigenvalue weighted by Crippen LogP contribution is -2.47. The number of ether oxygens (including phenoxy) is 1. The van der Waals surface area contributed by atoms with Crippen LogP contribution in [0.5, 0.6) is 0 Å². The molecule has 0 radical (unpaired) electrons. The molecule has 146 valence electrons. The van der Waals surface area contributed by atoms with Crippen LogP contribution in [0.3, 0.4) is 0 Å².